The Bertz CT molecular complexity index is 369. The summed E-state index contributed by atoms with van der Waals surface area (Å²) in [5, 5.41) is 0. The summed E-state index contributed by atoms with van der Waals surface area (Å²) in [6, 6.07) is 0. The molecule has 1 rings (SSSR count). The van der Waals surface area contributed by atoms with Gasteiger partial charge in [-0.05, 0) is 34.7 Å². The fraction of sp³-hybridized carbons (Fsp3) is 0.933. The summed E-state index contributed by atoms with van der Waals surface area (Å²) >= 11 is 3.68. The minimum atomic E-state index is -0.388. The maximum atomic E-state index is 12.9. The molecule has 1 fully saturated rings. The van der Waals surface area contributed by atoms with Crippen LogP contribution in [-0.4, -0.2) is 33.6 Å². The van der Waals surface area contributed by atoms with Crippen molar-refractivity contribution >= 4 is 21.7 Å². The highest BCUT2D eigenvalue weighted by Gasteiger charge is 2.61. The molecule has 18 heavy (non-hydrogen) atoms. The van der Waals surface area contributed by atoms with Crippen LogP contribution in [0.2, 0.25) is 0 Å². The van der Waals surface area contributed by atoms with Crippen molar-refractivity contribution in [3.8, 4) is 0 Å². The Balaban J connectivity index is 3.58. The maximum Gasteiger partial charge on any atom is 0.154 e. The van der Waals surface area contributed by atoms with Gasteiger partial charge in [0.15, 0.2) is 5.78 Å². The molecule has 0 aromatic carbocycles. The van der Waals surface area contributed by atoms with Gasteiger partial charge in [-0.1, -0.05) is 43.6 Å². The molecule has 1 saturated heterocycles. The third-order valence-corrected chi connectivity index (χ3v) is 7.82. The second-order valence-corrected chi connectivity index (χ2v) is 8.67. The molecule has 1 heterocycles. The van der Waals surface area contributed by atoms with Gasteiger partial charge in [-0.25, -0.2) is 0 Å². The van der Waals surface area contributed by atoms with Crippen molar-refractivity contribution in [2.75, 3.05) is 7.05 Å². The van der Waals surface area contributed by atoms with Gasteiger partial charge in [0.1, 0.15) is 0 Å². The third-order valence-electron chi connectivity index (χ3n) is 6.26. The lowest BCUT2D eigenvalue weighted by molar-refractivity contribution is -0.132. The lowest BCUT2D eigenvalue weighted by Gasteiger charge is -2.54. The molecular formula is C15H28BrNO. The minimum Gasteiger partial charge on any atom is -0.298 e. The highest BCUT2D eigenvalue weighted by molar-refractivity contribution is 9.10. The summed E-state index contributed by atoms with van der Waals surface area (Å²) in [6.07, 6.45) is 0. The molecule has 1 aliphatic rings. The van der Waals surface area contributed by atoms with Gasteiger partial charge in [0.25, 0.3) is 0 Å². The molecule has 1 aliphatic heterocycles. The fourth-order valence-electron chi connectivity index (χ4n) is 2.81. The predicted molar refractivity (Wildman–Crippen MR) is 81.2 cm³/mol. The molecular weight excluding hydrogens is 290 g/mol. The zero-order chi connectivity index (χ0) is 14.7. The first-order valence-electron chi connectivity index (χ1n) is 6.64. The Hall–Kier alpha value is 0.110. The number of hydrogen-bond acceptors (Lipinski definition) is 2. The molecule has 0 radical (unpaired) electrons. The van der Waals surface area contributed by atoms with Gasteiger partial charge in [0.2, 0.25) is 0 Å². The summed E-state index contributed by atoms with van der Waals surface area (Å²) in [7, 11) is 2.14. The molecule has 0 saturated carbocycles. The summed E-state index contributed by atoms with van der Waals surface area (Å²) in [5.41, 5.74) is -0.785. The Morgan fingerprint density at radius 1 is 0.944 bits per heavy atom. The lowest BCUT2D eigenvalue weighted by atomic mass is 9.69. The van der Waals surface area contributed by atoms with Gasteiger partial charge >= 0.3 is 0 Å². The predicted octanol–water partition coefficient (Wildman–Crippen LogP) is 3.87. The number of halogens is 1. The molecule has 1 atom stereocenters. The molecule has 0 spiro atoms. The molecule has 0 aromatic rings. The molecule has 0 amide bonds. The van der Waals surface area contributed by atoms with Crippen molar-refractivity contribution in [3.63, 3.8) is 0 Å². The van der Waals surface area contributed by atoms with Gasteiger partial charge in [0, 0.05) is 21.9 Å². The molecule has 3 heteroatoms. The van der Waals surface area contributed by atoms with Crippen LogP contribution in [0.5, 0.6) is 0 Å². The van der Waals surface area contributed by atoms with Crippen molar-refractivity contribution in [1.82, 2.24) is 4.90 Å². The Labute approximate surface area is 121 Å². The van der Waals surface area contributed by atoms with E-state index in [1.54, 1.807) is 0 Å². The molecule has 0 aromatic heterocycles. The van der Waals surface area contributed by atoms with E-state index in [-0.39, 0.29) is 26.7 Å². The van der Waals surface area contributed by atoms with E-state index in [1.165, 1.54) is 0 Å². The highest BCUT2D eigenvalue weighted by atomic mass is 79.9. The van der Waals surface area contributed by atoms with E-state index >= 15 is 0 Å². The van der Waals surface area contributed by atoms with Gasteiger partial charge in [-0.15, -0.1) is 0 Å². The van der Waals surface area contributed by atoms with Crippen LogP contribution < -0.4 is 0 Å². The average Bonchev–Trinajstić information content (AvgIpc) is 2.24. The standard InChI is InChI=1S/C15H28BrNO/c1-12(2)10(16)11(18)13(3,4)15(7,8)17(9)14(12,5)6/h10H,1-9H3. The summed E-state index contributed by atoms with van der Waals surface area (Å²) in [5.74, 6) is 0.301. The van der Waals surface area contributed by atoms with Gasteiger partial charge in [0.05, 0.1) is 4.83 Å². The van der Waals surface area contributed by atoms with Gasteiger partial charge in [-0.2, -0.15) is 0 Å². The van der Waals surface area contributed by atoms with Gasteiger partial charge < -0.3 is 0 Å². The quantitative estimate of drug-likeness (QED) is 0.632. The Morgan fingerprint density at radius 3 is 1.72 bits per heavy atom. The second-order valence-electron chi connectivity index (χ2n) is 7.75. The average molecular weight is 318 g/mol. The Kier molecular flexibility index (Phi) is 3.64. The van der Waals surface area contributed by atoms with Crippen LogP contribution in [0.1, 0.15) is 55.4 Å². The number of alkyl halides is 1. The number of Topliss-reactive ketones (excluding diaryl/α,β-unsaturated/α-hetero) is 1. The number of hydrogen-bond donors (Lipinski definition) is 0. The van der Waals surface area contributed by atoms with Gasteiger partial charge in [-0.3, -0.25) is 9.69 Å². The molecule has 1 unspecified atom stereocenters. The SMILES string of the molecule is CN1C(C)(C)C(C)(C)C(=O)C(Br)C(C)(C)C1(C)C. The molecule has 0 N–H and O–H groups in total. The first kappa shape index (κ1) is 16.2. The largest absolute Gasteiger partial charge is 0.298 e. The summed E-state index contributed by atoms with van der Waals surface area (Å²) in [4.78, 5) is 15.1. The number of carbonyl (C=O) groups is 1. The minimum absolute atomic E-state index is 0.0753. The van der Waals surface area contributed by atoms with E-state index in [0.717, 1.165) is 0 Å². The lowest BCUT2D eigenvalue weighted by Crippen LogP contribution is -2.62. The molecule has 2 nitrogen and oxygen atoms in total. The molecule has 106 valence electrons. The first-order chi connectivity index (χ1) is 7.72. The van der Waals surface area contributed by atoms with E-state index < -0.39 is 0 Å². The van der Waals surface area contributed by atoms with Crippen LogP contribution in [0.25, 0.3) is 0 Å². The van der Waals surface area contributed by atoms with E-state index in [4.69, 9.17) is 0 Å². The maximum absolute atomic E-state index is 12.9. The van der Waals surface area contributed by atoms with E-state index in [2.05, 4.69) is 83.3 Å². The second kappa shape index (κ2) is 4.05. The first-order valence-corrected chi connectivity index (χ1v) is 7.56. The number of nitrogens with zero attached hydrogens (tertiary/aromatic N) is 1. The molecule has 0 bridgehead atoms. The van der Waals surface area contributed by atoms with Crippen LogP contribution in [0.3, 0.4) is 0 Å². The van der Waals surface area contributed by atoms with E-state index in [0.29, 0.717) is 5.78 Å². The van der Waals surface area contributed by atoms with Crippen LogP contribution >= 0.6 is 15.9 Å². The van der Waals surface area contributed by atoms with Crippen molar-refractivity contribution in [2.45, 2.75) is 71.3 Å². The highest BCUT2D eigenvalue weighted by Crippen LogP contribution is 2.53. The topological polar surface area (TPSA) is 20.3 Å². The van der Waals surface area contributed by atoms with Crippen molar-refractivity contribution < 1.29 is 4.79 Å². The van der Waals surface area contributed by atoms with Crippen LogP contribution in [-0.2, 0) is 4.79 Å². The van der Waals surface area contributed by atoms with Crippen LogP contribution in [0.15, 0.2) is 0 Å². The Morgan fingerprint density at radius 2 is 1.33 bits per heavy atom. The monoisotopic (exact) mass is 317 g/mol. The zero-order valence-corrected chi connectivity index (χ0v) is 14.9. The van der Waals surface area contributed by atoms with Crippen molar-refractivity contribution in [2.24, 2.45) is 10.8 Å². The smallest absolute Gasteiger partial charge is 0.154 e. The number of ketones is 1. The number of likely N-dealkylation sites (tertiary alicyclic amines) is 1. The normalized spacial score (nSPS) is 34.1. The summed E-state index contributed by atoms with van der Waals surface area (Å²) in [6.45, 7) is 17.3. The molecule has 0 aliphatic carbocycles. The van der Waals surface area contributed by atoms with E-state index in [9.17, 15) is 4.79 Å². The third kappa shape index (κ3) is 1.73. The summed E-state index contributed by atoms with van der Waals surface area (Å²) < 4.78 is 0. The van der Waals surface area contributed by atoms with Crippen molar-refractivity contribution in [1.29, 1.82) is 0 Å². The van der Waals surface area contributed by atoms with E-state index in [1.807, 2.05) is 0 Å². The van der Waals surface area contributed by atoms with Crippen LogP contribution in [0, 0.1) is 10.8 Å². The number of carbonyl (C=O) groups excluding carboxylic acids is 1. The zero-order valence-electron chi connectivity index (χ0n) is 13.3. The van der Waals surface area contributed by atoms with Crippen molar-refractivity contribution in [3.05, 3.63) is 0 Å². The fourth-order valence-corrected chi connectivity index (χ4v) is 3.94. The van der Waals surface area contributed by atoms with Crippen LogP contribution in [0.4, 0.5) is 0 Å². The number of rotatable bonds is 0.